The minimum absolute atomic E-state index is 0.0631. The number of rotatable bonds is 6. The number of primary amides is 1. The fraction of sp³-hybridized carbons (Fsp3) is 0.167. The number of nitrogens with zero attached hydrogens (tertiary/aromatic N) is 1. The maximum atomic E-state index is 14.3. The van der Waals surface area contributed by atoms with Crippen LogP contribution in [0.15, 0.2) is 54.6 Å². The first kappa shape index (κ1) is 22.8. The number of carbonyl (C=O) groups is 2. The van der Waals surface area contributed by atoms with E-state index in [1.807, 2.05) is 19.9 Å². The van der Waals surface area contributed by atoms with Crippen LogP contribution in [0.2, 0.25) is 10.0 Å². The standard InChI is InChI=1S/C24H21Cl2FN2O2/c1-3-14-12-15(17-13-16(23(28)30)8-10-18(17)25)9-11-21(14)29(4-2)24(31)22-19(26)6-5-7-20(22)27/h5-13H,3-4H2,1-2H3,(H2,28,30). The molecule has 3 rings (SSSR count). The molecular weight excluding hydrogens is 438 g/mol. The molecule has 0 heterocycles. The molecule has 0 aliphatic heterocycles. The Morgan fingerprint density at radius 2 is 1.74 bits per heavy atom. The van der Waals surface area contributed by atoms with Crippen molar-refractivity contribution in [3.05, 3.63) is 87.2 Å². The number of carbonyl (C=O) groups excluding carboxylic acids is 2. The number of halogens is 3. The highest BCUT2D eigenvalue weighted by Gasteiger charge is 2.24. The van der Waals surface area contributed by atoms with Gasteiger partial charge in [-0.3, -0.25) is 9.59 Å². The summed E-state index contributed by atoms with van der Waals surface area (Å²) in [6.45, 7) is 4.10. The lowest BCUT2D eigenvalue weighted by Crippen LogP contribution is -2.32. The number of nitrogens with two attached hydrogens (primary N) is 1. The molecule has 7 heteroatoms. The van der Waals surface area contributed by atoms with Crippen LogP contribution in [-0.4, -0.2) is 18.4 Å². The largest absolute Gasteiger partial charge is 0.366 e. The van der Waals surface area contributed by atoms with E-state index in [9.17, 15) is 14.0 Å². The second-order valence-corrected chi connectivity index (χ2v) is 7.72. The highest BCUT2D eigenvalue weighted by atomic mass is 35.5. The molecule has 0 fully saturated rings. The molecule has 160 valence electrons. The van der Waals surface area contributed by atoms with Gasteiger partial charge in [0.25, 0.3) is 5.91 Å². The van der Waals surface area contributed by atoms with Gasteiger partial charge in [-0.2, -0.15) is 0 Å². The highest BCUT2D eigenvalue weighted by Crippen LogP contribution is 2.34. The van der Waals surface area contributed by atoms with Gasteiger partial charge in [0.05, 0.1) is 10.6 Å². The quantitative estimate of drug-likeness (QED) is 0.482. The minimum atomic E-state index is -0.666. The Bertz CT molecular complexity index is 1140. The molecule has 0 saturated carbocycles. The molecule has 2 amide bonds. The first-order valence-electron chi connectivity index (χ1n) is 9.77. The summed E-state index contributed by atoms with van der Waals surface area (Å²) in [6.07, 6.45) is 0.616. The molecule has 0 aliphatic rings. The van der Waals surface area contributed by atoms with E-state index >= 15 is 0 Å². The molecule has 0 spiro atoms. The number of hydrogen-bond donors (Lipinski definition) is 1. The highest BCUT2D eigenvalue weighted by molar-refractivity contribution is 6.34. The maximum Gasteiger partial charge on any atom is 0.262 e. The van der Waals surface area contributed by atoms with Crippen LogP contribution in [0.5, 0.6) is 0 Å². The monoisotopic (exact) mass is 458 g/mol. The van der Waals surface area contributed by atoms with Crippen molar-refractivity contribution in [3.63, 3.8) is 0 Å². The van der Waals surface area contributed by atoms with E-state index in [0.29, 0.717) is 34.8 Å². The third-order valence-corrected chi connectivity index (χ3v) is 5.70. The Balaban J connectivity index is 2.08. The second-order valence-electron chi connectivity index (χ2n) is 6.90. The topological polar surface area (TPSA) is 63.4 Å². The van der Waals surface area contributed by atoms with Crippen LogP contribution in [0.4, 0.5) is 10.1 Å². The summed E-state index contributed by atoms with van der Waals surface area (Å²) in [6, 6.07) is 14.5. The zero-order chi connectivity index (χ0) is 22.7. The molecule has 0 radical (unpaired) electrons. The molecule has 0 atom stereocenters. The zero-order valence-corrected chi connectivity index (χ0v) is 18.6. The molecule has 0 bridgehead atoms. The molecule has 0 aromatic heterocycles. The van der Waals surface area contributed by atoms with Gasteiger partial charge < -0.3 is 10.6 Å². The van der Waals surface area contributed by atoms with Crippen LogP contribution in [0.25, 0.3) is 11.1 Å². The van der Waals surface area contributed by atoms with Crippen molar-refractivity contribution < 1.29 is 14.0 Å². The second kappa shape index (κ2) is 9.50. The molecular formula is C24H21Cl2FN2O2. The summed E-state index contributed by atoms with van der Waals surface area (Å²) < 4.78 is 14.3. The lowest BCUT2D eigenvalue weighted by molar-refractivity contribution is 0.0981. The Labute approximate surface area is 190 Å². The van der Waals surface area contributed by atoms with Gasteiger partial charge in [0.2, 0.25) is 5.91 Å². The van der Waals surface area contributed by atoms with Gasteiger partial charge in [0, 0.05) is 28.4 Å². The molecule has 0 saturated heterocycles. The summed E-state index contributed by atoms with van der Waals surface area (Å²) in [5.74, 6) is -1.72. The molecule has 3 aromatic carbocycles. The smallest absolute Gasteiger partial charge is 0.262 e. The fourth-order valence-electron chi connectivity index (χ4n) is 3.46. The molecule has 2 N–H and O–H groups in total. The van der Waals surface area contributed by atoms with Gasteiger partial charge in [-0.25, -0.2) is 4.39 Å². The van der Waals surface area contributed by atoms with E-state index in [4.69, 9.17) is 28.9 Å². The van der Waals surface area contributed by atoms with E-state index in [2.05, 4.69) is 0 Å². The lowest BCUT2D eigenvalue weighted by atomic mass is 9.98. The molecule has 0 unspecified atom stereocenters. The average Bonchev–Trinajstić information content (AvgIpc) is 2.74. The third kappa shape index (κ3) is 4.58. The van der Waals surface area contributed by atoms with Crippen molar-refractivity contribution >= 4 is 40.7 Å². The number of hydrogen-bond acceptors (Lipinski definition) is 2. The Hall–Kier alpha value is -2.89. The van der Waals surface area contributed by atoms with Gasteiger partial charge in [-0.05, 0) is 66.9 Å². The maximum absolute atomic E-state index is 14.3. The van der Waals surface area contributed by atoms with Gasteiger partial charge >= 0.3 is 0 Å². The third-order valence-electron chi connectivity index (χ3n) is 5.05. The van der Waals surface area contributed by atoms with Gasteiger partial charge in [-0.15, -0.1) is 0 Å². The van der Waals surface area contributed by atoms with Crippen LogP contribution < -0.4 is 10.6 Å². The first-order valence-corrected chi connectivity index (χ1v) is 10.5. The van der Waals surface area contributed by atoms with E-state index < -0.39 is 17.6 Å². The van der Waals surface area contributed by atoms with Crippen LogP contribution in [-0.2, 0) is 6.42 Å². The summed E-state index contributed by atoms with van der Waals surface area (Å²) in [4.78, 5) is 26.2. The first-order chi connectivity index (χ1) is 14.8. The van der Waals surface area contributed by atoms with Crippen molar-refractivity contribution in [3.8, 4) is 11.1 Å². The Kier molecular flexibility index (Phi) is 6.98. The Morgan fingerprint density at radius 1 is 1.00 bits per heavy atom. The normalized spacial score (nSPS) is 10.7. The van der Waals surface area contributed by atoms with Crippen molar-refractivity contribution in [2.24, 2.45) is 5.73 Å². The van der Waals surface area contributed by atoms with Crippen LogP contribution >= 0.6 is 23.2 Å². The lowest BCUT2D eigenvalue weighted by Gasteiger charge is -2.25. The fourth-order valence-corrected chi connectivity index (χ4v) is 3.93. The summed E-state index contributed by atoms with van der Waals surface area (Å²) >= 11 is 12.5. The van der Waals surface area contributed by atoms with Crippen molar-refractivity contribution in [1.82, 2.24) is 0 Å². The van der Waals surface area contributed by atoms with Crippen molar-refractivity contribution in [2.75, 3.05) is 11.4 Å². The zero-order valence-electron chi connectivity index (χ0n) is 17.1. The minimum Gasteiger partial charge on any atom is -0.366 e. The van der Waals surface area contributed by atoms with Crippen molar-refractivity contribution in [2.45, 2.75) is 20.3 Å². The number of aryl methyl sites for hydroxylation is 1. The van der Waals surface area contributed by atoms with Crippen LogP contribution in [0.3, 0.4) is 0 Å². The van der Waals surface area contributed by atoms with Crippen LogP contribution in [0, 0.1) is 5.82 Å². The average molecular weight is 459 g/mol. The van der Waals surface area contributed by atoms with Gasteiger partial charge in [0.15, 0.2) is 0 Å². The van der Waals surface area contributed by atoms with E-state index in [1.54, 1.807) is 30.3 Å². The summed E-state index contributed by atoms with van der Waals surface area (Å²) in [5.41, 5.74) is 8.54. The summed E-state index contributed by atoms with van der Waals surface area (Å²) in [5, 5.41) is 0.537. The Morgan fingerprint density at radius 3 is 2.35 bits per heavy atom. The predicted octanol–water partition coefficient (Wildman–Crippen LogP) is 6.13. The SMILES string of the molecule is CCc1cc(-c2cc(C(N)=O)ccc2Cl)ccc1N(CC)C(=O)c1c(F)cccc1Cl. The molecule has 3 aromatic rings. The molecule has 0 aliphatic carbocycles. The number of amides is 2. The van der Waals surface area contributed by atoms with E-state index in [0.717, 1.165) is 11.1 Å². The molecule has 31 heavy (non-hydrogen) atoms. The van der Waals surface area contributed by atoms with E-state index in [1.165, 1.54) is 23.1 Å². The predicted molar refractivity (Wildman–Crippen MR) is 124 cm³/mol. The molecule has 4 nitrogen and oxygen atoms in total. The van der Waals surface area contributed by atoms with Crippen LogP contribution in [0.1, 0.15) is 40.1 Å². The number of benzene rings is 3. The van der Waals surface area contributed by atoms with Gasteiger partial charge in [0.1, 0.15) is 5.82 Å². The summed E-state index contributed by atoms with van der Waals surface area (Å²) in [7, 11) is 0. The number of anilines is 1. The van der Waals surface area contributed by atoms with Crippen molar-refractivity contribution in [1.29, 1.82) is 0 Å². The van der Waals surface area contributed by atoms with E-state index in [-0.39, 0.29) is 10.6 Å². The van der Waals surface area contributed by atoms with Gasteiger partial charge in [-0.1, -0.05) is 42.3 Å².